The summed E-state index contributed by atoms with van der Waals surface area (Å²) in [4.78, 5) is 0. The van der Waals surface area contributed by atoms with Gasteiger partial charge in [-0.05, 0) is 66.5 Å². The fraction of sp³-hybridized carbons (Fsp3) is 0.636. The molecule has 0 aliphatic rings. The van der Waals surface area contributed by atoms with Crippen LogP contribution in [0.15, 0.2) is 36.4 Å². The van der Waals surface area contributed by atoms with Gasteiger partial charge in [0.1, 0.15) is 11.5 Å². The van der Waals surface area contributed by atoms with Gasteiger partial charge in [-0.2, -0.15) is 0 Å². The van der Waals surface area contributed by atoms with Crippen LogP contribution in [0.5, 0.6) is 11.5 Å². The number of phenolic OH excluding ortho intramolecular Hbond substituents is 2. The molecule has 0 fully saturated rings. The molecule has 0 heterocycles. The Hall–Kier alpha value is -1.96. The first-order valence-corrected chi connectivity index (χ1v) is 14.7. The van der Waals surface area contributed by atoms with E-state index in [0.29, 0.717) is 17.4 Å². The number of aromatic hydroxyl groups is 2. The third-order valence-corrected chi connectivity index (χ3v) is 7.46. The molecule has 0 atom stereocenters. The van der Waals surface area contributed by atoms with Crippen molar-refractivity contribution >= 4 is 0 Å². The third kappa shape index (κ3) is 10.7. The zero-order valence-corrected chi connectivity index (χ0v) is 23.0. The molecule has 0 bridgehead atoms. The Bertz CT molecular complexity index is 768. The Kier molecular flexibility index (Phi) is 14.6. The largest absolute Gasteiger partial charge is 0.508 e. The van der Waals surface area contributed by atoms with E-state index in [-0.39, 0.29) is 0 Å². The molecule has 0 aliphatic carbocycles. The Balaban J connectivity index is 2.07. The molecule has 0 aromatic heterocycles. The van der Waals surface area contributed by atoms with Crippen molar-refractivity contribution in [2.45, 2.75) is 136 Å². The quantitative estimate of drug-likeness (QED) is 0.196. The number of hydrogen-bond acceptors (Lipinski definition) is 2. The molecule has 0 unspecified atom stereocenters. The van der Waals surface area contributed by atoms with Gasteiger partial charge in [-0.3, -0.25) is 0 Å². The van der Waals surface area contributed by atoms with E-state index in [9.17, 15) is 10.2 Å². The lowest BCUT2D eigenvalue weighted by Crippen LogP contribution is -2.04. The molecule has 2 rings (SSSR count). The second kappa shape index (κ2) is 17.5. The van der Waals surface area contributed by atoms with Crippen molar-refractivity contribution in [2.75, 3.05) is 0 Å². The Labute approximate surface area is 216 Å². The summed E-state index contributed by atoms with van der Waals surface area (Å²) in [6.45, 7) is 6.67. The number of phenols is 2. The molecule has 2 aromatic carbocycles. The zero-order valence-electron chi connectivity index (χ0n) is 23.0. The van der Waals surface area contributed by atoms with Crippen LogP contribution in [0, 0.1) is 0 Å². The molecule has 0 radical (unpaired) electrons. The summed E-state index contributed by atoms with van der Waals surface area (Å²) in [5.74, 6) is 1.16. The predicted molar refractivity (Wildman–Crippen MR) is 152 cm³/mol. The minimum absolute atomic E-state index is 0.311. The van der Waals surface area contributed by atoms with Gasteiger partial charge in [-0.25, -0.2) is 0 Å². The number of rotatable bonds is 19. The topological polar surface area (TPSA) is 40.5 Å². The smallest absolute Gasteiger partial charge is 0.118 e. The molecule has 0 spiro atoms. The summed E-state index contributed by atoms with van der Waals surface area (Å²) >= 11 is 0. The van der Waals surface area contributed by atoms with Crippen LogP contribution in [-0.2, 0) is 12.8 Å². The lowest BCUT2D eigenvalue weighted by atomic mass is 9.84. The number of aryl methyl sites for hydroxylation is 2. The second-order valence-corrected chi connectivity index (χ2v) is 10.5. The van der Waals surface area contributed by atoms with E-state index in [1.54, 1.807) is 0 Å². The SMILES string of the molecule is CCCCCCCCCCCCC(c1ccc(O)c(CCCC)c1)c1ccc(O)c(CCCC)c1. The minimum atomic E-state index is 0.311. The predicted octanol–water partition coefficient (Wildman–Crippen LogP) is 10.2. The summed E-state index contributed by atoms with van der Waals surface area (Å²) in [6.07, 6.45) is 20.9. The van der Waals surface area contributed by atoms with Gasteiger partial charge >= 0.3 is 0 Å². The molecule has 0 saturated heterocycles. The van der Waals surface area contributed by atoms with Crippen LogP contribution < -0.4 is 0 Å². The molecule has 196 valence electrons. The lowest BCUT2D eigenvalue weighted by Gasteiger charge is -2.21. The van der Waals surface area contributed by atoms with Crippen molar-refractivity contribution in [1.29, 1.82) is 0 Å². The Morgan fingerprint density at radius 2 is 0.914 bits per heavy atom. The summed E-state index contributed by atoms with van der Waals surface area (Å²) in [5, 5.41) is 20.8. The number of unbranched alkanes of at least 4 members (excludes halogenated alkanes) is 11. The van der Waals surface area contributed by atoms with Crippen molar-refractivity contribution in [2.24, 2.45) is 0 Å². The average molecular weight is 481 g/mol. The van der Waals surface area contributed by atoms with Gasteiger partial charge in [0.2, 0.25) is 0 Å². The molecule has 35 heavy (non-hydrogen) atoms. The van der Waals surface area contributed by atoms with E-state index >= 15 is 0 Å². The standard InChI is InChI=1S/C33H52O2/c1-4-7-10-11-12-13-14-15-16-17-20-31(27-21-23-32(34)29(25-27)18-8-5-2)28-22-24-33(35)30(26-28)19-9-6-3/h21-26,31,34-35H,4-20H2,1-3H3. The van der Waals surface area contributed by atoms with Gasteiger partial charge in [-0.15, -0.1) is 0 Å². The first-order chi connectivity index (χ1) is 17.1. The summed E-state index contributed by atoms with van der Waals surface area (Å²) < 4.78 is 0. The summed E-state index contributed by atoms with van der Waals surface area (Å²) in [5.41, 5.74) is 4.75. The monoisotopic (exact) mass is 480 g/mol. The zero-order chi connectivity index (χ0) is 25.3. The molecule has 0 amide bonds. The molecule has 0 aliphatic heterocycles. The van der Waals surface area contributed by atoms with Crippen molar-refractivity contribution in [1.82, 2.24) is 0 Å². The van der Waals surface area contributed by atoms with Crippen molar-refractivity contribution in [3.63, 3.8) is 0 Å². The van der Waals surface area contributed by atoms with Gasteiger partial charge in [-0.1, -0.05) is 122 Å². The Morgan fingerprint density at radius 3 is 1.34 bits per heavy atom. The maximum absolute atomic E-state index is 10.4. The summed E-state index contributed by atoms with van der Waals surface area (Å²) in [6, 6.07) is 12.5. The van der Waals surface area contributed by atoms with Gasteiger partial charge in [0, 0.05) is 5.92 Å². The van der Waals surface area contributed by atoms with Gasteiger partial charge in [0.05, 0.1) is 0 Å². The molecule has 2 aromatic rings. The van der Waals surface area contributed by atoms with E-state index < -0.39 is 0 Å². The molecule has 2 N–H and O–H groups in total. The average Bonchev–Trinajstić information content (AvgIpc) is 2.87. The molecular formula is C33H52O2. The van der Waals surface area contributed by atoms with Crippen molar-refractivity contribution < 1.29 is 10.2 Å². The van der Waals surface area contributed by atoms with Crippen LogP contribution in [0.25, 0.3) is 0 Å². The molecule has 0 saturated carbocycles. The summed E-state index contributed by atoms with van der Waals surface area (Å²) in [7, 11) is 0. The normalized spacial score (nSPS) is 11.4. The van der Waals surface area contributed by atoms with Crippen LogP contribution in [0.2, 0.25) is 0 Å². The number of hydrogen-bond donors (Lipinski definition) is 2. The van der Waals surface area contributed by atoms with Gasteiger partial charge < -0.3 is 10.2 Å². The highest BCUT2D eigenvalue weighted by Crippen LogP contribution is 2.35. The molecular weight excluding hydrogens is 428 g/mol. The highest BCUT2D eigenvalue weighted by Gasteiger charge is 2.17. The van der Waals surface area contributed by atoms with Gasteiger partial charge in [0.15, 0.2) is 0 Å². The lowest BCUT2D eigenvalue weighted by molar-refractivity contribution is 0.466. The van der Waals surface area contributed by atoms with E-state index in [0.717, 1.165) is 56.1 Å². The van der Waals surface area contributed by atoms with E-state index in [2.05, 4.69) is 45.0 Å². The second-order valence-electron chi connectivity index (χ2n) is 10.5. The first-order valence-electron chi connectivity index (χ1n) is 14.7. The highest BCUT2D eigenvalue weighted by molar-refractivity contribution is 5.44. The molecule has 2 nitrogen and oxygen atoms in total. The minimum Gasteiger partial charge on any atom is -0.508 e. The van der Waals surface area contributed by atoms with Crippen LogP contribution in [0.3, 0.4) is 0 Å². The third-order valence-electron chi connectivity index (χ3n) is 7.46. The van der Waals surface area contributed by atoms with Crippen LogP contribution in [-0.4, -0.2) is 10.2 Å². The fourth-order valence-corrected chi connectivity index (χ4v) is 5.14. The number of benzene rings is 2. The van der Waals surface area contributed by atoms with Crippen LogP contribution in [0.1, 0.15) is 145 Å². The maximum Gasteiger partial charge on any atom is 0.118 e. The van der Waals surface area contributed by atoms with Crippen LogP contribution in [0.4, 0.5) is 0 Å². The highest BCUT2D eigenvalue weighted by atomic mass is 16.3. The van der Waals surface area contributed by atoms with Crippen molar-refractivity contribution in [3.05, 3.63) is 58.7 Å². The van der Waals surface area contributed by atoms with E-state index in [4.69, 9.17) is 0 Å². The Morgan fingerprint density at radius 1 is 0.514 bits per heavy atom. The van der Waals surface area contributed by atoms with E-state index in [1.807, 2.05) is 12.1 Å². The van der Waals surface area contributed by atoms with Crippen molar-refractivity contribution in [3.8, 4) is 11.5 Å². The van der Waals surface area contributed by atoms with Gasteiger partial charge in [0.25, 0.3) is 0 Å². The first kappa shape index (κ1) is 29.3. The maximum atomic E-state index is 10.4. The molecule has 2 heteroatoms. The van der Waals surface area contributed by atoms with Crippen LogP contribution >= 0.6 is 0 Å². The van der Waals surface area contributed by atoms with E-state index in [1.165, 1.54) is 75.3 Å². The fourth-order valence-electron chi connectivity index (χ4n) is 5.14.